The molecule has 25 heavy (non-hydrogen) atoms. The predicted molar refractivity (Wildman–Crippen MR) is 91.9 cm³/mol. The summed E-state index contributed by atoms with van der Waals surface area (Å²) in [7, 11) is 0. The van der Waals surface area contributed by atoms with Crippen LogP contribution in [0.15, 0.2) is 30.3 Å². The molecule has 130 valence electrons. The van der Waals surface area contributed by atoms with Crippen molar-refractivity contribution in [2.45, 2.75) is 38.8 Å². The van der Waals surface area contributed by atoms with Gasteiger partial charge in [-0.3, -0.25) is 9.59 Å². The minimum atomic E-state index is -0.295. The fourth-order valence-corrected chi connectivity index (χ4v) is 3.64. The van der Waals surface area contributed by atoms with Gasteiger partial charge in [0.2, 0.25) is 11.8 Å². The zero-order valence-corrected chi connectivity index (χ0v) is 14.2. The molecule has 1 aromatic carbocycles. The SMILES string of the molecule is Cc1nnc2n1C[C@@H](NC(=O)[C@H]1CC(=O)N(c3ccccc3)C1)CC2. The van der Waals surface area contributed by atoms with E-state index in [4.69, 9.17) is 0 Å². The predicted octanol–water partition coefficient (Wildman–Crippen LogP) is 1.07. The largest absolute Gasteiger partial charge is 0.351 e. The van der Waals surface area contributed by atoms with Gasteiger partial charge in [0.1, 0.15) is 11.6 Å². The maximum atomic E-state index is 12.6. The molecule has 3 heterocycles. The Morgan fingerprint density at radius 2 is 2.00 bits per heavy atom. The number of carbonyl (C=O) groups is 2. The van der Waals surface area contributed by atoms with Crippen LogP contribution in [0.3, 0.4) is 0 Å². The molecule has 7 heteroatoms. The highest BCUT2D eigenvalue weighted by atomic mass is 16.2. The van der Waals surface area contributed by atoms with E-state index in [9.17, 15) is 9.59 Å². The van der Waals surface area contributed by atoms with E-state index in [-0.39, 0.29) is 30.2 Å². The maximum Gasteiger partial charge on any atom is 0.227 e. The molecule has 2 aromatic rings. The molecular weight excluding hydrogens is 318 g/mol. The number of rotatable bonds is 3. The summed E-state index contributed by atoms with van der Waals surface area (Å²) >= 11 is 0. The first-order chi connectivity index (χ1) is 12.1. The highest BCUT2D eigenvalue weighted by molar-refractivity contribution is 6.00. The fraction of sp³-hybridized carbons (Fsp3) is 0.444. The van der Waals surface area contributed by atoms with Crippen LogP contribution in [0.4, 0.5) is 5.69 Å². The lowest BCUT2D eigenvalue weighted by molar-refractivity contribution is -0.127. The van der Waals surface area contributed by atoms with Crippen molar-refractivity contribution >= 4 is 17.5 Å². The third kappa shape index (κ3) is 3.01. The van der Waals surface area contributed by atoms with E-state index in [0.29, 0.717) is 13.1 Å². The summed E-state index contributed by atoms with van der Waals surface area (Å²) < 4.78 is 2.06. The Morgan fingerprint density at radius 1 is 1.20 bits per heavy atom. The van der Waals surface area contributed by atoms with Crippen molar-refractivity contribution in [1.82, 2.24) is 20.1 Å². The number of para-hydroxylation sites is 1. The van der Waals surface area contributed by atoms with Crippen molar-refractivity contribution in [2.75, 3.05) is 11.4 Å². The van der Waals surface area contributed by atoms with E-state index < -0.39 is 0 Å². The van der Waals surface area contributed by atoms with Gasteiger partial charge in [-0.2, -0.15) is 0 Å². The van der Waals surface area contributed by atoms with E-state index >= 15 is 0 Å². The first-order valence-corrected chi connectivity index (χ1v) is 8.66. The van der Waals surface area contributed by atoms with Gasteiger partial charge in [-0.05, 0) is 25.5 Å². The average Bonchev–Trinajstić information content (AvgIpc) is 3.19. The lowest BCUT2D eigenvalue weighted by Gasteiger charge is -2.26. The van der Waals surface area contributed by atoms with Crippen LogP contribution in [0.25, 0.3) is 0 Å². The first kappa shape index (κ1) is 15.8. The minimum absolute atomic E-state index is 0.00642. The van der Waals surface area contributed by atoms with Crippen LogP contribution < -0.4 is 10.2 Å². The molecule has 1 aromatic heterocycles. The second-order valence-electron chi connectivity index (χ2n) is 6.76. The molecule has 2 aliphatic rings. The lowest BCUT2D eigenvalue weighted by Crippen LogP contribution is -2.44. The third-order valence-corrected chi connectivity index (χ3v) is 5.04. The van der Waals surface area contributed by atoms with Gasteiger partial charge in [-0.15, -0.1) is 10.2 Å². The zero-order chi connectivity index (χ0) is 17.4. The van der Waals surface area contributed by atoms with Crippen molar-refractivity contribution in [3.05, 3.63) is 42.0 Å². The number of anilines is 1. The lowest BCUT2D eigenvalue weighted by atomic mass is 10.0. The standard InChI is InChI=1S/C18H21N5O2/c1-12-20-21-16-8-7-14(11-22(12)16)19-18(25)13-9-17(24)23(10-13)15-5-3-2-4-6-15/h2-6,13-14H,7-11H2,1H3,(H,19,25)/t13-,14-/m0/s1. The number of benzene rings is 1. The molecule has 0 aliphatic carbocycles. The van der Waals surface area contributed by atoms with Gasteiger partial charge >= 0.3 is 0 Å². The van der Waals surface area contributed by atoms with E-state index in [1.807, 2.05) is 37.3 Å². The van der Waals surface area contributed by atoms with Gasteiger partial charge in [0.05, 0.1) is 5.92 Å². The van der Waals surface area contributed by atoms with Gasteiger partial charge in [0.25, 0.3) is 0 Å². The molecule has 0 spiro atoms. The zero-order valence-electron chi connectivity index (χ0n) is 14.2. The number of fused-ring (bicyclic) bond motifs is 1. The van der Waals surface area contributed by atoms with Crippen LogP contribution in [0, 0.1) is 12.8 Å². The van der Waals surface area contributed by atoms with Gasteiger partial charge < -0.3 is 14.8 Å². The Bertz CT molecular complexity index is 801. The second kappa shape index (κ2) is 6.31. The second-order valence-corrected chi connectivity index (χ2v) is 6.76. The maximum absolute atomic E-state index is 12.6. The monoisotopic (exact) mass is 339 g/mol. The van der Waals surface area contributed by atoms with Crippen LogP contribution in [0.2, 0.25) is 0 Å². The highest BCUT2D eigenvalue weighted by Gasteiger charge is 2.36. The number of aryl methyl sites for hydroxylation is 2. The fourth-order valence-electron chi connectivity index (χ4n) is 3.64. The Kier molecular flexibility index (Phi) is 3.99. The van der Waals surface area contributed by atoms with Crippen molar-refractivity contribution in [3.8, 4) is 0 Å². The molecule has 1 saturated heterocycles. The Labute approximate surface area is 146 Å². The number of carbonyl (C=O) groups excluding carboxylic acids is 2. The normalized spacial score (nSPS) is 22.8. The molecule has 2 atom stereocenters. The summed E-state index contributed by atoms with van der Waals surface area (Å²) in [5.74, 6) is 1.53. The number of nitrogens with zero attached hydrogens (tertiary/aromatic N) is 4. The number of nitrogens with one attached hydrogen (secondary N) is 1. The molecule has 2 amide bonds. The molecule has 0 bridgehead atoms. The molecule has 0 saturated carbocycles. The van der Waals surface area contributed by atoms with Crippen LogP contribution in [-0.2, 0) is 22.6 Å². The summed E-state index contributed by atoms with van der Waals surface area (Å²) in [4.78, 5) is 26.6. The molecule has 7 nitrogen and oxygen atoms in total. The summed E-state index contributed by atoms with van der Waals surface area (Å²) in [5.41, 5.74) is 0.852. The number of hydrogen-bond donors (Lipinski definition) is 1. The van der Waals surface area contributed by atoms with Crippen molar-refractivity contribution < 1.29 is 9.59 Å². The molecule has 0 radical (unpaired) electrons. The van der Waals surface area contributed by atoms with Crippen molar-refractivity contribution in [1.29, 1.82) is 0 Å². The molecular formula is C18H21N5O2. The van der Waals surface area contributed by atoms with Gasteiger partial charge in [0, 0.05) is 37.7 Å². The van der Waals surface area contributed by atoms with Gasteiger partial charge in [-0.25, -0.2) is 0 Å². The highest BCUT2D eigenvalue weighted by Crippen LogP contribution is 2.25. The smallest absolute Gasteiger partial charge is 0.227 e. The van der Waals surface area contributed by atoms with Gasteiger partial charge in [-0.1, -0.05) is 18.2 Å². The van der Waals surface area contributed by atoms with Crippen LogP contribution in [-0.4, -0.2) is 39.2 Å². The Balaban J connectivity index is 1.39. The number of aromatic nitrogens is 3. The summed E-state index contributed by atoms with van der Waals surface area (Å²) in [6.45, 7) is 3.06. The van der Waals surface area contributed by atoms with Crippen molar-refractivity contribution in [3.63, 3.8) is 0 Å². The summed E-state index contributed by atoms with van der Waals surface area (Å²) in [6, 6.07) is 9.58. The van der Waals surface area contributed by atoms with Gasteiger partial charge in [0.15, 0.2) is 0 Å². The first-order valence-electron chi connectivity index (χ1n) is 8.66. The average molecular weight is 339 g/mol. The molecule has 0 unspecified atom stereocenters. The third-order valence-electron chi connectivity index (χ3n) is 5.04. The molecule has 4 rings (SSSR count). The number of amides is 2. The van der Waals surface area contributed by atoms with Crippen LogP contribution in [0.1, 0.15) is 24.5 Å². The van der Waals surface area contributed by atoms with Crippen LogP contribution >= 0.6 is 0 Å². The minimum Gasteiger partial charge on any atom is -0.351 e. The number of hydrogen-bond acceptors (Lipinski definition) is 4. The quantitative estimate of drug-likeness (QED) is 0.907. The van der Waals surface area contributed by atoms with Crippen molar-refractivity contribution in [2.24, 2.45) is 5.92 Å². The molecule has 1 fully saturated rings. The Hall–Kier alpha value is -2.70. The summed E-state index contributed by atoms with van der Waals surface area (Å²) in [6.07, 6.45) is 1.93. The van der Waals surface area contributed by atoms with E-state index in [1.165, 1.54) is 0 Å². The van der Waals surface area contributed by atoms with E-state index in [2.05, 4.69) is 20.1 Å². The van der Waals surface area contributed by atoms with Crippen LogP contribution in [0.5, 0.6) is 0 Å². The topological polar surface area (TPSA) is 80.1 Å². The molecule has 1 N–H and O–H groups in total. The van der Waals surface area contributed by atoms with E-state index in [0.717, 1.165) is 30.2 Å². The summed E-state index contributed by atoms with van der Waals surface area (Å²) in [5, 5.41) is 11.4. The van der Waals surface area contributed by atoms with E-state index in [1.54, 1.807) is 4.90 Å². The molecule has 2 aliphatic heterocycles. The Morgan fingerprint density at radius 3 is 2.80 bits per heavy atom.